The Hall–Kier alpha value is -1.93. The van der Waals surface area contributed by atoms with Crippen LogP contribution < -0.4 is 10.9 Å². The van der Waals surface area contributed by atoms with Gasteiger partial charge < -0.3 is 10.4 Å². The van der Waals surface area contributed by atoms with E-state index < -0.39 is 17.1 Å². The molecule has 0 unspecified atom stereocenters. The maximum Gasteiger partial charge on any atom is 0.301 e. The summed E-state index contributed by atoms with van der Waals surface area (Å²) >= 11 is 13.2. The minimum atomic E-state index is -0.638. The van der Waals surface area contributed by atoms with Gasteiger partial charge in [-0.2, -0.15) is 0 Å². The van der Waals surface area contributed by atoms with Gasteiger partial charge in [0.15, 0.2) is 16.4 Å². The Morgan fingerprint density at radius 2 is 2.11 bits per heavy atom. The van der Waals surface area contributed by atoms with E-state index in [2.05, 4.69) is 17.2 Å². The van der Waals surface area contributed by atoms with Crippen LogP contribution in [0.25, 0.3) is 4.96 Å². The van der Waals surface area contributed by atoms with Crippen LogP contribution in [-0.2, 0) is 13.0 Å². The molecule has 2 aromatic heterocycles. The Morgan fingerprint density at radius 3 is 2.82 bits per heavy atom. The summed E-state index contributed by atoms with van der Waals surface area (Å²) in [6.07, 6.45) is 3.13. The van der Waals surface area contributed by atoms with Gasteiger partial charge in [-0.05, 0) is 37.1 Å². The van der Waals surface area contributed by atoms with Crippen LogP contribution in [0, 0.1) is 0 Å². The topological polar surface area (TPSA) is 83.7 Å². The summed E-state index contributed by atoms with van der Waals surface area (Å²) in [4.78, 5) is 30.5. The molecule has 0 aliphatic heterocycles. The molecule has 148 valence electrons. The first-order valence-electron chi connectivity index (χ1n) is 8.82. The van der Waals surface area contributed by atoms with Crippen LogP contribution in [0.3, 0.4) is 0 Å². The maximum absolute atomic E-state index is 12.6. The fourth-order valence-corrected chi connectivity index (χ4v) is 3.97. The second-order valence-corrected chi connectivity index (χ2v) is 8.22. The van der Waals surface area contributed by atoms with E-state index >= 15 is 0 Å². The van der Waals surface area contributed by atoms with Gasteiger partial charge in [0, 0.05) is 24.0 Å². The molecule has 0 bridgehead atoms. The molecule has 0 aliphatic rings. The largest absolute Gasteiger partial charge is 0.501 e. The summed E-state index contributed by atoms with van der Waals surface area (Å²) in [5, 5.41) is 14.3. The number of carbonyl (C=O) groups is 1. The second-order valence-electron chi connectivity index (χ2n) is 6.31. The van der Waals surface area contributed by atoms with Crippen LogP contribution in [-0.4, -0.2) is 26.8 Å². The van der Waals surface area contributed by atoms with Crippen LogP contribution in [0.4, 0.5) is 0 Å². The highest BCUT2D eigenvalue weighted by atomic mass is 35.5. The van der Waals surface area contributed by atoms with Gasteiger partial charge in [-0.15, -0.1) is 0 Å². The lowest BCUT2D eigenvalue weighted by Crippen LogP contribution is -2.17. The van der Waals surface area contributed by atoms with Crippen molar-refractivity contribution in [2.24, 2.45) is 0 Å². The number of ketones is 1. The van der Waals surface area contributed by atoms with Crippen LogP contribution in [0.1, 0.15) is 40.7 Å². The third-order valence-electron chi connectivity index (χ3n) is 4.17. The molecule has 0 saturated carbocycles. The van der Waals surface area contributed by atoms with E-state index in [-0.39, 0.29) is 12.1 Å². The normalized spacial score (nSPS) is 11.2. The van der Waals surface area contributed by atoms with Crippen molar-refractivity contribution in [1.82, 2.24) is 14.7 Å². The quantitative estimate of drug-likeness (QED) is 0.407. The van der Waals surface area contributed by atoms with Crippen LogP contribution in [0.5, 0.6) is 5.75 Å². The highest BCUT2D eigenvalue weighted by Gasteiger charge is 2.20. The van der Waals surface area contributed by atoms with Crippen molar-refractivity contribution < 1.29 is 9.90 Å². The number of fused-ring (bicyclic) bond motifs is 1. The predicted molar refractivity (Wildman–Crippen MR) is 112 cm³/mol. The lowest BCUT2D eigenvalue weighted by atomic mass is 10.1. The Labute approximate surface area is 175 Å². The number of Topliss-reactive ketones (excluding diaryl/α,β-unsaturated/α-hetero) is 1. The van der Waals surface area contributed by atoms with E-state index in [1.165, 1.54) is 15.7 Å². The molecule has 28 heavy (non-hydrogen) atoms. The molecule has 0 fully saturated rings. The van der Waals surface area contributed by atoms with Crippen molar-refractivity contribution in [1.29, 1.82) is 0 Å². The van der Waals surface area contributed by atoms with E-state index in [9.17, 15) is 14.7 Å². The van der Waals surface area contributed by atoms with Crippen molar-refractivity contribution in [3.8, 4) is 5.75 Å². The second kappa shape index (κ2) is 9.05. The lowest BCUT2D eigenvalue weighted by Gasteiger charge is -2.05. The van der Waals surface area contributed by atoms with Crippen molar-refractivity contribution >= 4 is 45.3 Å². The zero-order valence-corrected chi connectivity index (χ0v) is 17.5. The molecule has 3 rings (SSSR count). The number of aromatic hydroxyl groups is 1. The van der Waals surface area contributed by atoms with E-state index in [0.29, 0.717) is 28.0 Å². The van der Waals surface area contributed by atoms with Crippen LogP contribution in [0.15, 0.2) is 29.2 Å². The molecular weight excluding hydrogens is 421 g/mol. The van der Waals surface area contributed by atoms with Crippen molar-refractivity contribution in [2.45, 2.75) is 32.7 Å². The third-order valence-corrected chi connectivity index (χ3v) is 5.89. The number of thiazole rings is 1. The van der Waals surface area contributed by atoms with Gasteiger partial charge in [-0.1, -0.05) is 47.5 Å². The first-order chi connectivity index (χ1) is 13.4. The summed E-state index contributed by atoms with van der Waals surface area (Å²) in [6.45, 7) is 3.53. The number of halogens is 2. The van der Waals surface area contributed by atoms with E-state index in [1.807, 2.05) is 0 Å². The zero-order chi connectivity index (χ0) is 20.3. The van der Waals surface area contributed by atoms with Crippen molar-refractivity contribution in [2.75, 3.05) is 6.54 Å². The van der Waals surface area contributed by atoms with Gasteiger partial charge in [-0.3, -0.25) is 14.0 Å². The summed E-state index contributed by atoms with van der Waals surface area (Å²) in [5.74, 6) is -1.02. The minimum absolute atomic E-state index is 0.0877. The molecule has 3 aromatic rings. The number of nitrogens with zero attached hydrogens (tertiary/aromatic N) is 2. The standard InChI is InChI=1S/C19H19Cl2N3O3S/c1-2-7-22-9-12-10-24-18(27)17(26)16(23-19(24)28-12)15(25)6-4-11-3-5-13(20)14(21)8-11/h3,5,8,10,22,26H,2,4,6-7,9H2,1H3. The van der Waals surface area contributed by atoms with Gasteiger partial charge in [0.05, 0.1) is 10.0 Å². The number of rotatable bonds is 8. The number of nitrogens with one attached hydrogen (secondary N) is 1. The van der Waals surface area contributed by atoms with Crippen LogP contribution >= 0.6 is 34.5 Å². The SMILES string of the molecule is CCCNCc1cn2c(=O)c(O)c(C(=O)CCc3ccc(Cl)c(Cl)c3)nc2s1. The molecule has 0 aliphatic carbocycles. The fourth-order valence-electron chi connectivity index (χ4n) is 2.71. The molecule has 0 spiro atoms. The molecule has 9 heteroatoms. The van der Waals surface area contributed by atoms with E-state index in [1.54, 1.807) is 24.4 Å². The van der Waals surface area contributed by atoms with Crippen molar-refractivity contribution in [3.63, 3.8) is 0 Å². The number of aryl methyl sites for hydroxylation is 1. The minimum Gasteiger partial charge on any atom is -0.501 e. The molecule has 0 radical (unpaired) electrons. The predicted octanol–water partition coefficient (Wildman–Crippen LogP) is 4.08. The Balaban J connectivity index is 1.81. The van der Waals surface area contributed by atoms with E-state index in [0.717, 1.165) is 23.4 Å². The Kier molecular flexibility index (Phi) is 6.72. The first kappa shape index (κ1) is 20.8. The Morgan fingerprint density at radius 1 is 1.32 bits per heavy atom. The number of aromatic nitrogens is 2. The van der Waals surface area contributed by atoms with Gasteiger partial charge in [0.1, 0.15) is 0 Å². The molecule has 0 amide bonds. The molecule has 0 saturated heterocycles. The summed E-state index contributed by atoms with van der Waals surface area (Å²) < 4.78 is 1.28. The van der Waals surface area contributed by atoms with Crippen molar-refractivity contribution in [3.05, 3.63) is 60.9 Å². The molecular formula is C19H19Cl2N3O3S. The lowest BCUT2D eigenvalue weighted by molar-refractivity contribution is 0.0975. The van der Waals surface area contributed by atoms with Gasteiger partial charge in [0.25, 0.3) is 0 Å². The number of carbonyl (C=O) groups excluding carboxylic acids is 1. The average molecular weight is 440 g/mol. The van der Waals surface area contributed by atoms with Crippen LogP contribution in [0.2, 0.25) is 10.0 Å². The highest BCUT2D eigenvalue weighted by molar-refractivity contribution is 7.17. The third kappa shape index (κ3) is 4.55. The summed E-state index contributed by atoms with van der Waals surface area (Å²) in [6, 6.07) is 5.14. The summed E-state index contributed by atoms with van der Waals surface area (Å²) in [5.41, 5.74) is 0.00121. The monoisotopic (exact) mass is 439 g/mol. The number of benzene rings is 1. The van der Waals surface area contributed by atoms with Gasteiger partial charge in [0.2, 0.25) is 5.75 Å². The first-order valence-corrected chi connectivity index (χ1v) is 10.4. The maximum atomic E-state index is 12.6. The number of hydrogen-bond acceptors (Lipinski definition) is 6. The van der Waals surface area contributed by atoms with Gasteiger partial charge >= 0.3 is 5.56 Å². The van der Waals surface area contributed by atoms with E-state index in [4.69, 9.17) is 23.2 Å². The fraction of sp³-hybridized carbons (Fsp3) is 0.316. The average Bonchev–Trinajstić information content (AvgIpc) is 3.09. The van der Waals surface area contributed by atoms with Gasteiger partial charge in [-0.25, -0.2) is 4.98 Å². The molecule has 6 nitrogen and oxygen atoms in total. The highest BCUT2D eigenvalue weighted by Crippen LogP contribution is 2.24. The number of hydrogen-bond donors (Lipinski definition) is 2. The molecule has 1 aromatic carbocycles. The Bertz CT molecular complexity index is 1080. The molecule has 2 heterocycles. The summed E-state index contributed by atoms with van der Waals surface area (Å²) in [7, 11) is 0. The molecule has 2 N–H and O–H groups in total. The zero-order valence-electron chi connectivity index (χ0n) is 15.2. The smallest absolute Gasteiger partial charge is 0.301 e. The molecule has 0 atom stereocenters.